The van der Waals surface area contributed by atoms with Crippen LogP contribution in [0.5, 0.6) is 0 Å². The summed E-state index contributed by atoms with van der Waals surface area (Å²) >= 11 is 0. The fourth-order valence-electron chi connectivity index (χ4n) is 1.16. The number of anilines is 1. The SMILES string of the molecule is Nc1nccnc1C1CNC1. The second-order valence-corrected chi connectivity index (χ2v) is 2.68. The molecule has 2 heterocycles. The standard InChI is InChI=1S/C7H10N4/c8-7-6(5-3-9-4-5)10-1-2-11-7/h1-2,5,9H,3-4H2,(H2,8,11). The maximum Gasteiger partial charge on any atom is 0.145 e. The Bertz CT molecular complexity index is 256. The van der Waals surface area contributed by atoms with Gasteiger partial charge in [-0.3, -0.25) is 4.98 Å². The molecule has 1 aromatic rings. The first-order chi connectivity index (χ1) is 5.38. The van der Waals surface area contributed by atoms with Gasteiger partial charge in [0.2, 0.25) is 0 Å². The summed E-state index contributed by atoms with van der Waals surface area (Å²) in [5.74, 6) is 1.04. The molecule has 1 aliphatic rings. The highest BCUT2D eigenvalue weighted by atomic mass is 15.0. The number of hydrogen-bond acceptors (Lipinski definition) is 4. The molecular formula is C7H10N4. The van der Waals surface area contributed by atoms with E-state index in [-0.39, 0.29) is 0 Å². The summed E-state index contributed by atoms with van der Waals surface area (Å²) in [4.78, 5) is 8.14. The summed E-state index contributed by atoms with van der Waals surface area (Å²) in [6.07, 6.45) is 3.30. The highest BCUT2D eigenvalue weighted by molar-refractivity contribution is 5.37. The normalized spacial score (nSPS) is 17.8. The number of rotatable bonds is 1. The van der Waals surface area contributed by atoms with E-state index in [0.717, 1.165) is 18.8 Å². The van der Waals surface area contributed by atoms with Gasteiger partial charge in [0, 0.05) is 31.4 Å². The maximum atomic E-state index is 5.63. The third-order valence-electron chi connectivity index (χ3n) is 1.92. The molecule has 0 spiro atoms. The van der Waals surface area contributed by atoms with Gasteiger partial charge >= 0.3 is 0 Å². The minimum absolute atomic E-state index is 0.476. The van der Waals surface area contributed by atoms with Crippen molar-refractivity contribution in [2.45, 2.75) is 5.92 Å². The maximum absolute atomic E-state index is 5.63. The summed E-state index contributed by atoms with van der Waals surface area (Å²) in [5, 5.41) is 3.16. The van der Waals surface area contributed by atoms with Crippen LogP contribution in [0.4, 0.5) is 5.82 Å². The van der Waals surface area contributed by atoms with Gasteiger partial charge in [0.15, 0.2) is 0 Å². The van der Waals surface area contributed by atoms with E-state index in [4.69, 9.17) is 5.73 Å². The zero-order valence-electron chi connectivity index (χ0n) is 6.12. The average Bonchev–Trinajstić information content (AvgIpc) is 1.90. The van der Waals surface area contributed by atoms with Crippen LogP contribution in [-0.4, -0.2) is 23.1 Å². The molecule has 2 rings (SSSR count). The number of hydrogen-bond donors (Lipinski definition) is 2. The second-order valence-electron chi connectivity index (χ2n) is 2.68. The molecule has 58 valence electrons. The van der Waals surface area contributed by atoms with E-state index in [2.05, 4.69) is 15.3 Å². The highest BCUT2D eigenvalue weighted by Crippen LogP contribution is 2.20. The van der Waals surface area contributed by atoms with Crippen molar-refractivity contribution in [2.24, 2.45) is 0 Å². The molecule has 3 N–H and O–H groups in total. The molecule has 0 aromatic carbocycles. The van der Waals surface area contributed by atoms with Crippen LogP contribution in [0.15, 0.2) is 12.4 Å². The van der Waals surface area contributed by atoms with Crippen molar-refractivity contribution in [3.05, 3.63) is 18.1 Å². The van der Waals surface area contributed by atoms with Crippen molar-refractivity contribution in [1.29, 1.82) is 0 Å². The molecule has 0 atom stereocenters. The topological polar surface area (TPSA) is 63.8 Å². The summed E-state index contributed by atoms with van der Waals surface area (Å²) < 4.78 is 0. The van der Waals surface area contributed by atoms with Crippen LogP contribution in [-0.2, 0) is 0 Å². The molecule has 0 amide bonds. The van der Waals surface area contributed by atoms with Crippen molar-refractivity contribution in [3.63, 3.8) is 0 Å². The van der Waals surface area contributed by atoms with E-state index in [9.17, 15) is 0 Å². The van der Waals surface area contributed by atoms with Gasteiger partial charge in [-0.25, -0.2) is 4.98 Å². The van der Waals surface area contributed by atoms with Gasteiger partial charge in [-0.1, -0.05) is 0 Å². The van der Waals surface area contributed by atoms with Crippen LogP contribution in [0.1, 0.15) is 11.6 Å². The molecule has 0 bridgehead atoms. The lowest BCUT2D eigenvalue weighted by atomic mass is 9.99. The third-order valence-corrected chi connectivity index (χ3v) is 1.92. The first kappa shape index (κ1) is 6.54. The molecule has 11 heavy (non-hydrogen) atoms. The Kier molecular flexibility index (Phi) is 1.47. The lowest BCUT2D eigenvalue weighted by Gasteiger charge is -2.26. The fraction of sp³-hybridized carbons (Fsp3) is 0.429. The third kappa shape index (κ3) is 1.05. The first-order valence-electron chi connectivity index (χ1n) is 3.65. The summed E-state index contributed by atoms with van der Waals surface area (Å²) in [6.45, 7) is 1.95. The second kappa shape index (κ2) is 2.47. The number of nitrogens with one attached hydrogen (secondary N) is 1. The smallest absolute Gasteiger partial charge is 0.145 e. The van der Waals surface area contributed by atoms with Crippen LogP contribution in [0.3, 0.4) is 0 Å². The van der Waals surface area contributed by atoms with Gasteiger partial charge in [-0.2, -0.15) is 0 Å². The zero-order valence-corrected chi connectivity index (χ0v) is 6.12. The molecular weight excluding hydrogens is 140 g/mol. The highest BCUT2D eigenvalue weighted by Gasteiger charge is 2.22. The Morgan fingerprint density at radius 1 is 1.36 bits per heavy atom. The number of nitrogens with zero attached hydrogens (tertiary/aromatic N) is 2. The van der Waals surface area contributed by atoms with E-state index >= 15 is 0 Å². The molecule has 0 aliphatic carbocycles. The molecule has 1 aromatic heterocycles. The molecule has 0 unspecified atom stereocenters. The molecule has 4 nitrogen and oxygen atoms in total. The molecule has 1 saturated heterocycles. The fourth-order valence-corrected chi connectivity index (χ4v) is 1.16. The Morgan fingerprint density at radius 3 is 2.64 bits per heavy atom. The van der Waals surface area contributed by atoms with Crippen molar-refractivity contribution >= 4 is 5.82 Å². The van der Waals surface area contributed by atoms with Crippen LogP contribution in [0.2, 0.25) is 0 Å². The zero-order chi connectivity index (χ0) is 7.68. The van der Waals surface area contributed by atoms with Gasteiger partial charge in [-0.15, -0.1) is 0 Å². The number of aromatic nitrogens is 2. The van der Waals surface area contributed by atoms with Gasteiger partial charge < -0.3 is 11.1 Å². The van der Waals surface area contributed by atoms with Gasteiger partial charge in [0.05, 0.1) is 5.69 Å². The van der Waals surface area contributed by atoms with Gasteiger partial charge in [-0.05, 0) is 0 Å². The van der Waals surface area contributed by atoms with Gasteiger partial charge in [0.25, 0.3) is 0 Å². The van der Waals surface area contributed by atoms with Gasteiger partial charge in [0.1, 0.15) is 5.82 Å². The Hall–Kier alpha value is -1.16. The molecule has 0 saturated carbocycles. The first-order valence-corrected chi connectivity index (χ1v) is 3.65. The van der Waals surface area contributed by atoms with E-state index < -0.39 is 0 Å². The predicted octanol–water partition coefficient (Wildman–Crippen LogP) is -0.254. The van der Waals surface area contributed by atoms with E-state index in [1.807, 2.05) is 0 Å². The monoisotopic (exact) mass is 150 g/mol. The lowest BCUT2D eigenvalue weighted by Crippen LogP contribution is -2.40. The summed E-state index contributed by atoms with van der Waals surface area (Å²) in [5.41, 5.74) is 6.57. The van der Waals surface area contributed by atoms with Crippen LogP contribution in [0, 0.1) is 0 Å². The van der Waals surface area contributed by atoms with Crippen LogP contribution < -0.4 is 11.1 Å². The molecule has 0 radical (unpaired) electrons. The van der Waals surface area contributed by atoms with Crippen molar-refractivity contribution in [1.82, 2.24) is 15.3 Å². The lowest BCUT2D eigenvalue weighted by molar-refractivity contribution is 0.440. The largest absolute Gasteiger partial charge is 0.382 e. The Labute approximate surface area is 64.8 Å². The predicted molar refractivity (Wildman–Crippen MR) is 42.1 cm³/mol. The minimum Gasteiger partial charge on any atom is -0.382 e. The van der Waals surface area contributed by atoms with E-state index in [0.29, 0.717) is 11.7 Å². The summed E-state index contributed by atoms with van der Waals surface area (Å²) in [6, 6.07) is 0. The van der Waals surface area contributed by atoms with Crippen LogP contribution >= 0.6 is 0 Å². The quantitative estimate of drug-likeness (QED) is 0.579. The number of nitrogens with two attached hydrogens (primary N) is 1. The van der Waals surface area contributed by atoms with E-state index in [1.54, 1.807) is 12.4 Å². The number of nitrogen functional groups attached to an aromatic ring is 1. The Balaban J connectivity index is 2.28. The summed E-state index contributed by atoms with van der Waals surface area (Å²) in [7, 11) is 0. The molecule has 4 heteroatoms. The van der Waals surface area contributed by atoms with Crippen LogP contribution in [0.25, 0.3) is 0 Å². The van der Waals surface area contributed by atoms with Crippen molar-refractivity contribution < 1.29 is 0 Å². The van der Waals surface area contributed by atoms with Crippen molar-refractivity contribution in [2.75, 3.05) is 18.8 Å². The van der Waals surface area contributed by atoms with Crippen molar-refractivity contribution in [3.8, 4) is 0 Å². The average molecular weight is 150 g/mol. The Morgan fingerprint density at radius 2 is 2.09 bits per heavy atom. The van der Waals surface area contributed by atoms with E-state index in [1.165, 1.54) is 0 Å². The minimum atomic E-state index is 0.476. The molecule has 1 fully saturated rings. The molecule has 1 aliphatic heterocycles.